The summed E-state index contributed by atoms with van der Waals surface area (Å²) in [4.78, 5) is 1.34. The van der Waals surface area contributed by atoms with Crippen LogP contribution in [0.3, 0.4) is 0 Å². The third kappa shape index (κ3) is 3.90. The molecule has 112 valence electrons. The Morgan fingerprint density at radius 3 is 2.80 bits per heavy atom. The highest BCUT2D eigenvalue weighted by Gasteiger charge is 2.20. The van der Waals surface area contributed by atoms with Crippen molar-refractivity contribution in [2.75, 3.05) is 26.9 Å². The van der Waals surface area contributed by atoms with Gasteiger partial charge in [0.1, 0.15) is 5.75 Å². The summed E-state index contributed by atoms with van der Waals surface area (Å²) >= 11 is 1.97. The van der Waals surface area contributed by atoms with E-state index in [0.29, 0.717) is 11.3 Å². The van der Waals surface area contributed by atoms with E-state index in [-0.39, 0.29) is 0 Å². The van der Waals surface area contributed by atoms with Crippen LogP contribution in [0.15, 0.2) is 23.1 Å². The molecular weight excluding hydrogens is 270 g/mol. The van der Waals surface area contributed by atoms with Crippen LogP contribution in [-0.2, 0) is 4.74 Å². The second-order valence-corrected chi connectivity index (χ2v) is 6.42. The summed E-state index contributed by atoms with van der Waals surface area (Å²) in [6.45, 7) is 7.08. The minimum atomic E-state index is 0.304. The average molecular weight is 295 g/mol. The first-order chi connectivity index (χ1) is 9.76. The molecule has 0 amide bonds. The molecule has 1 fully saturated rings. The van der Waals surface area contributed by atoms with E-state index in [2.05, 4.69) is 37.4 Å². The standard InChI is InChI=1S/C16H25NO2S/c1-4-17-12(2)16-14(18-3)6-5-7-15(16)20-13-8-10-19-11-9-13/h5-7,12-13,17H,4,8-11H2,1-3H3. The van der Waals surface area contributed by atoms with Crippen LogP contribution in [0.1, 0.15) is 38.3 Å². The Labute approximate surface area is 126 Å². The van der Waals surface area contributed by atoms with Crippen molar-refractivity contribution in [1.29, 1.82) is 0 Å². The zero-order chi connectivity index (χ0) is 14.4. The van der Waals surface area contributed by atoms with Gasteiger partial charge in [0, 0.05) is 35.0 Å². The molecule has 1 saturated heterocycles. The molecule has 0 aromatic heterocycles. The molecule has 1 unspecified atom stereocenters. The normalized spacial score (nSPS) is 17.9. The molecule has 1 aromatic rings. The van der Waals surface area contributed by atoms with Gasteiger partial charge in [-0.25, -0.2) is 0 Å². The van der Waals surface area contributed by atoms with E-state index in [0.717, 1.165) is 38.3 Å². The number of thioether (sulfide) groups is 1. The summed E-state index contributed by atoms with van der Waals surface area (Å²) in [5.74, 6) is 0.982. The van der Waals surface area contributed by atoms with Crippen LogP contribution < -0.4 is 10.1 Å². The highest BCUT2D eigenvalue weighted by Crippen LogP contribution is 2.38. The minimum Gasteiger partial charge on any atom is -0.496 e. The fourth-order valence-electron chi connectivity index (χ4n) is 2.61. The van der Waals surface area contributed by atoms with Crippen LogP contribution >= 0.6 is 11.8 Å². The fourth-order valence-corrected chi connectivity index (χ4v) is 3.96. The van der Waals surface area contributed by atoms with Crippen molar-refractivity contribution in [2.24, 2.45) is 0 Å². The third-order valence-electron chi connectivity index (χ3n) is 3.65. The van der Waals surface area contributed by atoms with Gasteiger partial charge in [-0.2, -0.15) is 0 Å². The Morgan fingerprint density at radius 2 is 2.15 bits per heavy atom. The van der Waals surface area contributed by atoms with Crippen molar-refractivity contribution in [3.8, 4) is 5.75 Å². The molecule has 4 heteroatoms. The first kappa shape index (κ1) is 15.7. The van der Waals surface area contributed by atoms with E-state index in [1.807, 2.05) is 11.8 Å². The zero-order valence-corrected chi connectivity index (χ0v) is 13.5. The van der Waals surface area contributed by atoms with Gasteiger partial charge < -0.3 is 14.8 Å². The maximum atomic E-state index is 5.56. The Hall–Kier alpha value is -0.710. The Bertz CT molecular complexity index is 419. The van der Waals surface area contributed by atoms with E-state index < -0.39 is 0 Å². The molecule has 20 heavy (non-hydrogen) atoms. The molecule has 0 aliphatic carbocycles. The van der Waals surface area contributed by atoms with E-state index in [1.54, 1.807) is 7.11 Å². The third-order valence-corrected chi connectivity index (χ3v) is 5.07. The van der Waals surface area contributed by atoms with Gasteiger partial charge in [-0.05, 0) is 38.4 Å². The minimum absolute atomic E-state index is 0.304. The van der Waals surface area contributed by atoms with Gasteiger partial charge in [0.05, 0.1) is 7.11 Å². The quantitative estimate of drug-likeness (QED) is 0.868. The molecule has 1 atom stereocenters. The lowest BCUT2D eigenvalue weighted by Crippen LogP contribution is -2.20. The maximum Gasteiger partial charge on any atom is 0.124 e. The van der Waals surface area contributed by atoms with Gasteiger partial charge in [0.25, 0.3) is 0 Å². The molecular formula is C16H25NO2S. The lowest BCUT2D eigenvalue weighted by Gasteiger charge is -2.25. The second-order valence-electron chi connectivity index (χ2n) is 5.08. The Kier molecular flexibility index (Phi) is 6.20. The molecule has 1 aliphatic heterocycles. The van der Waals surface area contributed by atoms with Gasteiger partial charge >= 0.3 is 0 Å². The van der Waals surface area contributed by atoms with Crippen molar-refractivity contribution < 1.29 is 9.47 Å². The largest absolute Gasteiger partial charge is 0.496 e. The number of hydrogen-bond acceptors (Lipinski definition) is 4. The lowest BCUT2D eigenvalue weighted by molar-refractivity contribution is 0.1000. The zero-order valence-electron chi connectivity index (χ0n) is 12.6. The van der Waals surface area contributed by atoms with Crippen LogP contribution in [0, 0.1) is 0 Å². The maximum absolute atomic E-state index is 5.56. The lowest BCUT2D eigenvalue weighted by atomic mass is 10.1. The number of rotatable bonds is 6. The molecule has 1 aromatic carbocycles. The molecule has 1 aliphatic rings. The summed E-state index contributed by atoms with van der Waals surface area (Å²) in [6, 6.07) is 6.66. The summed E-state index contributed by atoms with van der Waals surface area (Å²) in [5, 5.41) is 4.15. The molecule has 0 radical (unpaired) electrons. The number of hydrogen-bond donors (Lipinski definition) is 1. The van der Waals surface area contributed by atoms with Gasteiger partial charge in [-0.3, -0.25) is 0 Å². The van der Waals surface area contributed by atoms with E-state index >= 15 is 0 Å². The highest BCUT2D eigenvalue weighted by atomic mass is 32.2. The van der Waals surface area contributed by atoms with Crippen LogP contribution in [0.4, 0.5) is 0 Å². The summed E-state index contributed by atoms with van der Waals surface area (Å²) in [5.41, 5.74) is 1.29. The van der Waals surface area contributed by atoms with E-state index in [4.69, 9.17) is 9.47 Å². The predicted octanol–water partition coefficient (Wildman–Crippen LogP) is 3.64. The van der Waals surface area contributed by atoms with Gasteiger partial charge in [0.15, 0.2) is 0 Å². The number of benzene rings is 1. The second kappa shape index (κ2) is 7.91. The number of methoxy groups -OCH3 is 1. The van der Waals surface area contributed by atoms with Crippen LogP contribution in [0.5, 0.6) is 5.75 Å². The van der Waals surface area contributed by atoms with Crippen molar-refractivity contribution in [2.45, 2.75) is 42.9 Å². The summed E-state index contributed by atoms with van der Waals surface area (Å²) in [7, 11) is 1.75. The molecule has 3 nitrogen and oxygen atoms in total. The van der Waals surface area contributed by atoms with Crippen molar-refractivity contribution in [3.63, 3.8) is 0 Å². The fraction of sp³-hybridized carbons (Fsp3) is 0.625. The van der Waals surface area contributed by atoms with Crippen LogP contribution in [-0.4, -0.2) is 32.1 Å². The van der Waals surface area contributed by atoms with Crippen molar-refractivity contribution >= 4 is 11.8 Å². The van der Waals surface area contributed by atoms with Crippen LogP contribution in [0.2, 0.25) is 0 Å². The number of nitrogens with one attached hydrogen (secondary N) is 1. The summed E-state index contributed by atoms with van der Waals surface area (Å²) in [6.07, 6.45) is 2.27. The number of ether oxygens (including phenoxy) is 2. The van der Waals surface area contributed by atoms with E-state index in [1.165, 1.54) is 10.5 Å². The van der Waals surface area contributed by atoms with E-state index in [9.17, 15) is 0 Å². The molecule has 2 rings (SSSR count). The van der Waals surface area contributed by atoms with Gasteiger partial charge in [0.2, 0.25) is 0 Å². The molecule has 0 spiro atoms. The topological polar surface area (TPSA) is 30.5 Å². The Balaban J connectivity index is 2.21. The molecule has 0 saturated carbocycles. The monoisotopic (exact) mass is 295 g/mol. The molecule has 1 N–H and O–H groups in total. The van der Waals surface area contributed by atoms with Gasteiger partial charge in [-0.15, -0.1) is 11.8 Å². The highest BCUT2D eigenvalue weighted by molar-refractivity contribution is 8.00. The van der Waals surface area contributed by atoms with Gasteiger partial charge in [-0.1, -0.05) is 13.0 Å². The first-order valence-electron chi connectivity index (χ1n) is 7.41. The molecule has 1 heterocycles. The summed E-state index contributed by atoms with van der Waals surface area (Å²) < 4.78 is 11.0. The average Bonchev–Trinajstić information content (AvgIpc) is 2.48. The SMILES string of the molecule is CCNC(C)c1c(OC)cccc1SC1CCOCC1. The van der Waals surface area contributed by atoms with Crippen molar-refractivity contribution in [3.05, 3.63) is 23.8 Å². The smallest absolute Gasteiger partial charge is 0.124 e. The van der Waals surface area contributed by atoms with Crippen LogP contribution in [0.25, 0.3) is 0 Å². The predicted molar refractivity (Wildman–Crippen MR) is 84.8 cm³/mol. The molecule has 0 bridgehead atoms. The Morgan fingerprint density at radius 1 is 1.40 bits per heavy atom. The first-order valence-corrected chi connectivity index (χ1v) is 8.29. The van der Waals surface area contributed by atoms with Crippen molar-refractivity contribution in [1.82, 2.24) is 5.32 Å².